The first-order chi connectivity index (χ1) is 13.4. The van der Waals surface area contributed by atoms with Gasteiger partial charge in [0.25, 0.3) is 0 Å². The lowest BCUT2D eigenvalue weighted by atomic mass is 10.1. The molecule has 3 rings (SSSR count). The molecule has 8 heteroatoms. The van der Waals surface area contributed by atoms with Gasteiger partial charge in [0.05, 0.1) is 39.6 Å². The summed E-state index contributed by atoms with van der Waals surface area (Å²) in [6, 6.07) is 7.55. The fraction of sp³-hybridized carbons (Fsp3) is 0.200. The van der Waals surface area contributed by atoms with E-state index in [2.05, 4.69) is 26.2 Å². The Hall–Kier alpha value is -2.38. The zero-order chi connectivity index (χ0) is 20.3. The number of carbonyl (C=O) groups is 1. The molecule has 0 radical (unpaired) electrons. The third-order valence-corrected chi connectivity index (χ3v) is 4.84. The first-order valence-corrected chi connectivity index (χ1v) is 9.76. The minimum Gasteiger partial charge on any atom is -0.493 e. The van der Waals surface area contributed by atoms with Gasteiger partial charge in [-0.25, -0.2) is 9.18 Å². The molecule has 0 aliphatic carbocycles. The molecule has 0 aliphatic heterocycles. The molecule has 3 aromatic rings. The number of nitrogens with one attached hydrogen (secondary N) is 1. The Bertz CT molecular complexity index is 1050. The highest BCUT2D eigenvalue weighted by atomic mass is 79.9. The Morgan fingerprint density at radius 2 is 2.04 bits per heavy atom. The van der Waals surface area contributed by atoms with Gasteiger partial charge in [0, 0.05) is 17.6 Å². The summed E-state index contributed by atoms with van der Waals surface area (Å²) in [5.41, 5.74) is 1.76. The molecule has 0 spiro atoms. The predicted octanol–water partition coefficient (Wildman–Crippen LogP) is 6.11. The van der Waals surface area contributed by atoms with Crippen molar-refractivity contribution in [3.63, 3.8) is 0 Å². The SMILES string of the molecule is CCOC(=O)c1cnc2cc(OCC)c(Br)cc2c1Nc1ccc(F)cc1Cl. The maximum absolute atomic E-state index is 13.4. The molecule has 146 valence electrons. The standard InChI is InChI=1S/C20H17BrClFN2O3/c1-3-27-18-9-17-12(8-14(18)21)19(13(10-24-17)20(26)28-4-2)25-16-6-5-11(23)7-15(16)22/h5-10H,3-4H2,1-2H3,(H,24,25). The van der Waals surface area contributed by atoms with Gasteiger partial charge < -0.3 is 14.8 Å². The Labute approximate surface area is 174 Å². The minimum atomic E-state index is -0.525. The normalized spacial score (nSPS) is 10.8. The van der Waals surface area contributed by atoms with Crippen LogP contribution in [0.4, 0.5) is 15.8 Å². The number of pyridine rings is 1. The first kappa shape index (κ1) is 20.4. The quantitative estimate of drug-likeness (QED) is 0.443. The van der Waals surface area contributed by atoms with Crippen LogP contribution in [0.3, 0.4) is 0 Å². The van der Waals surface area contributed by atoms with Crippen LogP contribution in [0.1, 0.15) is 24.2 Å². The molecule has 0 saturated heterocycles. The van der Waals surface area contributed by atoms with Gasteiger partial charge in [0.1, 0.15) is 17.1 Å². The molecule has 0 aliphatic rings. The molecule has 1 aromatic heterocycles. The Morgan fingerprint density at radius 1 is 1.25 bits per heavy atom. The number of hydrogen-bond donors (Lipinski definition) is 1. The molecule has 1 N–H and O–H groups in total. The monoisotopic (exact) mass is 466 g/mol. The van der Waals surface area contributed by atoms with Gasteiger partial charge >= 0.3 is 5.97 Å². The van der Waals surface area contributed by atoms with Crippen molar-refractivity contribution in [3.8, 4) is 5.75 Å². The smallest absolute Gasteiger partial charge is 0.341 e. The number of aromatic nitrogens is 1. The van der Waals surface area contributed by atoms with Crippen LogP contribution in [0.15, 0.2) is 41.0 Å². The summed E-state index contributed by atoms with van der Waals surface area (Å²) in [5, 5.41) is 3.97. The summed E-state index contributed by atoms with van der Waals surface area (Å²) in [7, 11) is 0. The Kier molecular flexibility index (Phi) is 6.36. The van der Waals surface area contributed by atoms with E-state index < -0.39 is 11.8 Å². The highest BCUT2D eigenvalue weighted by Crippen LogP contribution is 2.37. The second-order valence-electron chi connectivity index (χ2n) is 5.75. The van der Waals surface area contributed by atoms with Gasteiger partial charge in [0.2, 0.25) is 0 Å². The van der Waals surface area contributed by atoms with Crippen LogP contribution in [0, 0.1) is 5.82 Å². The Balaban J connectivity index is 2.20. The maximum atomic E-state index is 13.4. The maximum Gasteiger partial charge on any atom is 0.341 e. The molecule has 2 aromatic carbocycles. The van der Waals surface area contributed by atoms with Crippen molar-refractivity contribution in [1.29, 1.82) is 0 Å². The molecule has 28 heavy (non-hydrogen) atoms. The van der Waals surface area contributed by atoms with Gasteiger partial charge in [-0.15, -0.1) is 0 Å². The van der Waals surface area contributed by atoms with Crippen LogP contribution in [-0.2, 0) is 4.74 Å². The van der Waals surface area contributed by atoms with Crippen LogP contribution in [0.5, 0.6) is 5.75 Å². The van der Waals surface area contributed by atoms with Gasteiger partial charge in [-0.3, -0.25) is 4.98 Å². The molecule has 1 heterocycles. The topological polar surface area (TPSA) is 60.5 Å². The second-order valence-corrected chi connectivity index (χ2v) is 7.01. The summed E-state index contributed by atoms with van der Waals surface area (Å²) < 4.78 is 24.8. The van der Waals surface area contributed by atoms with E-state index in [0.717, 1.165) is 0 Å². The molecule has 0 saturated carbocycles. The third kappa shape index (κ3) is 4.20. The van der Waals surface area contributed by atoms with Crippen LogP contribution in [0.2, 0.25) is 5.02 Å². The molecular weight excluding hydrogens is 451 g/mol. The summed E-state index contributed by atoms with van der Waals surface area (Å²) in [6.45, 7) is 4.33. The van der Waals surface area contributed by atoms with Crippen molar-refractivity contribution < 1.29 is 18.7 Å². The summed E-state index contributed by atoms with van der Waals surface area (Å²) in [6.07, 6.45) is 1.43. The number of ether oxygens (including phenoxy) is 2. The average molecular weight is 468 g/mol. The predicted molar refractivity (Wildman–Crippen MR) is 111 cm³/mol. The summed E-state index contributed by atoms with van der Waals surface area (Å²) >= 11 is 9.64. The van der Waals surface area contributed by atoms with E-state index in [4.69, 9.17) is 21.1 Å². The molecule has 0 fully saturated rings. The first-order valence-electron chi connectivity index (χ1n) is 8.58. The zero-order valence-electron chi connectivity index (χ0n) is 15.2. The number of nitrogens with zero attached hydrogens (tertiary/aromatic N) is 1. The van der Waals surface area contributed by atoms with Crippen molar-refractivity contribution in [1.82, 2.24) is 4.98 Å². The number of rotatable bonds is 6. The summed E-state index contributed by atoms with van der Waals surface area (Å²) in [5.74, 6) is -0.343. The highest BCUT2D eigenvalue weighted by molar-refractivity contribution is 9.10. The van der Waals surface area contributed by atoms with E-state index >= 15 is 0 Å². The number of anilines is 2. The van der Waals surface area contributed by atoms with Crippen LogP contribution in [0.25, 0.3) is 10.9 Å². The fourth-order valence-electron chi connectivity index (χ4n) is 2.68. The van der Waals surface area contributed by atoms with Crippen molar-refractivity contribution >= 4 is 55.8 Å². The lowest BCUT2D eigenvalue weighted by molar-refractivity contribution is 0.0527. The van der Waals surface area contributed by atoms with Crippen molar-refractivity contribution in [2.24, 2.45) is 0 Å². The van der Waals surface area contributed by atoms with E-state index in [1.54, 1.807) is 19.1 Å². The number of halogens is 3. The van der Waals surface area contributed by atoms with E-state index in [-0.39, 0.29) is 17.2 Å². The zero-order valence-corrected chi connectivity index (χ0v) is 17.5. The van der Waals surface area contributed by atoms with Gasteiger partial charge in [-0.1, -0.05) is 11.6 Å². The van der Waals surface area contributed by atoms with Crippen LogP contribution >= 0.6 is 27.5 Å². The number of hydrogen-bond acceptors (Lipinski definition) is 5. The van der Waals surface area contributed by atoms with Gasteiger partial charge in [0.15, 0.2) is 0 Å². The molecular formula is C20H17BrClFN2O3. The van der Waals surface area contributed by atoms with Crippen molar-refractivity contribution in [2.75, 3.05) is 18.5 Å². The van der Waals surface area contributed by atoms with E-state index in [9.17, 15) is 9.18 Å². The molecule has 0 bridgehead atoms. The number of fused-ring (bicyclic) bond motifs is 1. The number of benzene rings is 2. The summed E-state index contributed by atoms with van der Waals surface area (Å²) in [4.78, 5) is 16.8. The molecule has 0 unspecified atom stereocenters. The van der Waals surface area contributed by atoms with E-state index in [1.165, 1.54) is 24.4 Å². The van der Waals surface area contributed by atoms with E-state index in [1.807, 2.05) is 6.92 Å². The third-order valence-electron chi connectivity index (χ3n) is 3.91. The number of esters is 1. The lowest BCUT2D eigenvalue weighted by Gasteiger charge is -2.16. The average Bonchev–Trinajstić information content (AvgIpc) is 2.65. The second kappa shape index (κ2) is 8.75. The number of carbonyl (C=O) groups excluding carboxylic acids is 1. The van der Waals surface area contributed by atoms with Crippen molar-refractivity contribution in [3.05, 3.63) is 57.4 Å². The minimum absolute atomic E-state index is 0.185. The Morgan fingerprint density at radius 3 is 2.71 bits per heavy atom. The van der Waals surface area contributed by atoms with Crippen molar-refractivity contribution in [2.45, 2.75) is 13.8 Å². The molecule has 5 nitrogen and oxygen atoms in total. The van der Waals surface area contributed by atoms with Gasteiger partial charge in [-0.2, -0.15) is 0 Å². The van der Waals surface area contributed by atoms with E-state index in [0.29, 0.717) is 39.1 Å². The highest BCUT2D eigenvalue weighted by Gasteiger charge is 2.19. The molecule has 0 amide bonds. The largest absolute Gasteiger partial charge is 0.493 e. The lowest BCUT2D eigenvalue weighted by Crippen LogP contribution is -2.09. The van der Waals surface area contributed by atoms with Crippen LogP contribution in [-0.4, -0.2) is 24.2 Å². The molecule has 0 atom stereocenters. The fourth-order valence-corrected chi connectivity index (χ4v) is 3.36. The van der Waals surface area contributed by atoms with Crippen LogP contribution < -0.4 is 10.1 Å². The van der Waals surface area contributed by atoms with Gasteiger partial charge in [-0.05, 0) is 54.0 Å².